The molecule has 0 aliphatic carbocycles. The third-order valence-corrected chi connectivity index (χ3v) is 11.2. The molecule has 1 unspecified atom stereocenters. The predicted octanol–water partition coefficient (Wildman–Crippen LogP) is 15.5. The number of benzene rings is 8. The molecule has 0 radical (unpaired) electrons. The smallest absolute Gasteiger partial charge is 0.159 e. The molecule has 284 valence electrons. The van der Waals surface area contributed by atoms with Crippen molar-refractivity contribution in [3.8, 4) is 28.0 Å². The van der Waals surface area contributed by atoms with Crippen LogP contribution in [0.4, 0.5) is 34.1 Å². The van der Waals surface area contributed by atoms with E-state index in [0.717, 1.165) is 84.1 Å². The molecule has 0 amide bonds. The van der Waals surface area contributed by atoms with E-state index in [4.69, 9.17) is 9.15 Å². The zero-order valence-electron chi connectivity index (χ0n) is 32.8. The van der Waals surface area contributed by atoms with Crippen molar-refractivity contribution in [3.05, 3.63) is 224 Å². The second-order valence-corrected chi connectivity index (χ2v) is 14.9. The van der Waals surface area contributed by atoms with Gasteiger partial charge in [0.25, 0.3) is 0 Å². The monoisotopic (exact) mass is 762 g/mol. The molecule has 9 aromatic rings. The SMILES string of the molecule is CC1/C=C\C=C/COc2c1cccc2N(c1ccccc1)c1ccc(-c2cccc(-c3ccc(N(c4ccccc4)c4cccc5c4oc4ccccc45)cc3)c2)cc1. The molecule has 4 nitrogen and oxygen atoms in total. The fraction of sp³-hybridized carbons (Fsp3) is 0.0545. The molecular weight excluding hydrogens is 721 g/mol. The summed E-state index contributed by atoms with van der Waals surface area (Å²) >= 11 is 0. The number of fused-ring (bicyclic) bond motifs is 4. The molecule has 0 saturated heterocycles. The van der Waals surface area contributed by atoms with Crippen molar-refractivity contribution in [3.63, 3.8) is 0 Å². The first-order valence-corrected chi connectivity index (χ1v) is 20.2. The number of nitrogens with zero attached hydrogens (tertiary/aromatic N) is 2. The highest BCUT2D eigenvalue weighted by molar-refractivity contribution is 6.10. The van der Waals surface area contributed by atoms with E-state index in [-0.39, 0.29) is 5.92 Å². The van der Waals surface area contributed by atoms with E-state index in [9.17, 15) is 0 Å². The molecule has 1 atom stereocenters. The van der Waals surface area contributed by atoms with Crippen LogP contribution in [0.2, 0.25) is 0 Å². The third kappa shape index (κ3) is 6.96. The van der Waals surface area contributed by atoms with Crippen LogP contribution in [-0.4, -0.2) is 6.61 Å². The first-order chi connectivity index (χ1) is 29.2. The molecule has 0 N–H and O–H groups in total. The quantitative estimate of drug-likeness (QED) is 0.154. The van der Waals surface area contributed by atoms with E-state index >= 15 is 0 Å². The van der Waals surface area contributed by atoms with Gasteiger partial charge in [0.2, 0.25) is 0 Å². The number of furan rings is 1. The lowest BCUT2D eigenvalue weighted by Crippen LogP contribution is -2.13. The van der Waals surface area contributed by atoms with Crippen LogP contribution in [0.25, 0.3) is 44.2 Å². The second kappa shape index (κ2) is 15.8. The first-order valence-electron chi connectivity index (χ1n) is 20.2. The Morgan fingerprint density at radius 1 is 0.458 bits per heavy atom. The van der Waals surface area contributed by atoms with Crippen LogP contribution >= 0.6 is 0 Å². The van der Waals surface area contributed by atoms with Gasteiger partial charge in [0.15, 0.2) is 5.58 Å². The lowest BCUT2D eigenvalue weighted by Gasteiger charge is -2.29. The summed E-state index contributed by atoms with van der Waals surface area (Å²) in [4.78, 5) is 4.58. The molecule has 1 aliphatic rings. The van der Waals surface area contributed by atoms with Gasteiger partial charge in [-0.1, -0.05) is 146 Å². The van der Waals surface area contributed by atoms with Crippen molar-refractivity contribution in [2.75, 3.05) is 16.4 Å². The van der Waals surface area contributed by atoms with Crippen LogP contribution in [0, 0.1) is 0 Å². The lowest BCUT2D eigenvalue weighted by atomic mass is 9.97. The Balaban J connectivity index is 0.975. The highest BCUT2D eigenvalue weighted by Crippen LogP contribution is 2.45. The molecule has 1 aromatic heterocycles. The van der Waals surface area contributed by atoms with Gasteiger partial charge in [0.05, 0.1) is 11.4 Å². The first kappa shape index (κ1) is 35.8. The highest BCUT2D eigenvalue weighted by Gasteiger charge is 2.22. The Labute approximate surface area is 345 Å². The van der Waals surface area contributed by atoms with Gasteiger partial charge in [-0.05, 0) is 101 Å². The van der Waals surface area contributed by atoms with Crippen LogP contribution < -0.4 is 14.5 Å². The zero-order chi connectivity index (χ0) is 39.5. The predicted molar refractivity (Wildman–Crippen MR) is 246 cm³/mol. The van der Waals surface area contributed by atoms with Gasteiger partial charge in [0.1, 0.15) is 17.9 Å². The van der Waals surface area contributed by atoms with Crippen molar-refractivity contribution in [2.24, 2.45) is 0 Å². The number of hydrogen-bond acceptors (Lipinski definition) is 4. The van der Waals surface area contributed by atoms with Crippen LogP contribution in [-0.2, 0) is 0 Å². The fourth-order valence-corrected chi connectivity index (χ4v) is 8.24. The number of para-hydroxylation sites is 5. The van der Waals surface area contributed by atoms with Gasteiger partial charge in [-0.25, -0.2) is 0 Å². The minimum atomic E-state index is 0.205. The van der Waals surface area contributed by atoms with Gasteiger partial charge < -0.3 is 19.0 Å². The molecule has 0 saturated carbocycles. The standard InChI is InChI=1S/C55H42N2O2/c1-39-16-5-4-12-37-58-54-48(39)24-14-26-51(54)56(44-19-6-2-7-20-44)46-33-29-40(30-34-46)42-17-13-18-43(38-42)41-31-35-47(36-32-41)57(45-21-8-3-9-22-45)52-27-15-25-50-49-23-10-11-28-53(49)59-55(50)52/h2-36,38-39H,37H2,1H3/b12-4-,16-5-. The largest absolute Gasteiger partial charge is 0.487 e. The average Bonchev–Trinajstić information content (AvgIpc) is 3.72. The molecule has 10 rings (SSSR count). The number of allylic oxidation sites excluding steroid dienone is 3. The molecule has 0 spiro atoms. The minimum absolute atomic E-state index is 0.205. The summed E-state index contributed by atoms with van der Waals surface area (Å²) in [7, 11) is 0. The van der Waals surface area contributed by atoms with Gasteiger partial charge in [0, 0.05) is 45.0 Å². The number of ether oxygens (including phenoxy) is 1. The minimum Gasteiger partial charge on any atom is -0.487 e. The Kier molecular flexibility index (Phi) is 9.57. The Hall–Kier alpha value is -7.56. The van der Waals surface area contributed by atoms with Crippen molar-refractivity contribution in [2.45, 2.75) is 12.8 Å². The van der Waals surface area contributed by atoms with Crippen LogP contribution in [0.15, 0.2) is 223 Å². The number of hydrogen-bond donors (Lipinski definition) is 0. The molecule has 1 aliphatic heterocycles. The van der Waals surface area contributed by atoms with Crippen molar-refractivity contribution in [1.29, 1.82) is 0 Å². The normalized spacial score (nSPS) is 14.7. The van der Waals surface area contributed by atoms with E-state index in [1.54, 1.807) is 0 Å². The van der Waals surface area contributed by atoms with Crippen LogP contribution in [0.3, 0.4) is 0 Å². The maximum Gasteiger partial charge on any atom is 0.159 e. The fourth-order valence-electron chi connectivity index (χ4n) is 8.24. The molecule has 8 aromatic carbocycles. The number of rotatable bonds is 8. The zero-order valence-corrected chi connectivity index (χ0v) is 32.8. The van der Waals surface area contributed by atoms with Crippen molar-refractivity contribution >= 4 is 56.1 Å². The average molecular weight is 763 g/mol. The summed E-state index contributed by atoms with van der Waals surface area (Å²) in [5.41, 5.74) is 13.8. The third-order valence-electron chi connectivity index (χ3n) is 11.2. The topological polar surface area (TPSA) is 28.9 Å². The summed E-state index contributed by atoms with van der Waals surface area (Å²) < 4.78 is 13.0. The van der Waals surface area contributed by atoms with Crippen LogP contribution in [0.5, 0.6) is 5.75 Å². The van der Waals surface area contributed by atoms with Gasteiger partial charge in [-0.2, -0.15) is 0 Å². The van der Waals surface area contributed by atoms with E-state index in [0.29, 0.717) is 6.61 Å². The maximum absolute atomic E-state index is 6.51. The highest BCUT2D eigenvalue weighted by atomic mass is 16.5. The van der Waals surface area contributed by atoms with E-state index in [2.05, 4.69) is 223 Å². The van der Waals surface area contributed by atoms with Gasteiger partial charge in [-0.3, -0.25) is 0 Å². The Morgan fingerprint density at radius 2 is 1.00 bits per heavy atom. The van der Waals surface area contributed by atoms with E-state index in [1.165, 1.54) is 5.56 Å². The molecule has 0 bridgehead atoms. The van der Waals surface area contributed by atoms with Gasteiger partial charge >= 0.3 is 0 Å². The summed E-state index contributed by atoms with van der Waals surface area (Å²) in [6, 6.07) is 68.6. The molecule has 59 heavy (non-hydrogen) atoms. The summed E-state index contributed by atoms with van der Waals surface area (Å²) in [5, 5.41) is 2.22. The maximum atomic E-state index is 6.51. The molecule has 4 heteroatoms. The number of anilines is 6. The molecule has 0 fully saturated rings. The second-order valence-electron chi connectivity index (χ2n) is 14.9. The van der Waals surface area contributed by atoms with E-state index < -0.39 is 0 Å². The van der Waals surface area contributed by atoms with Crippen molar-refractivity contribution in [1.82, 2.24) is 0 Å². The molecular formula is C55H42N2O2. The van der Waals surface area contributed by atoms with Crippen molar-refractivity contribution < 1.29 is 9.15 Å². The summed E-state index contributed by atoms with van der Waals surface area (Å²) in [6.45, 7) is 2.72. The van der Waals surface area contributed by atoms with Crippen LogP contribution in [0.1, 0.15) is 18.4 Å². The van der Waals surface area contributed by atoms with E-state index in [1.807, 2.05) is 12.1 Å². The Bertz CT molecular complexity index is 2950. The lowest BCUT2D eigenvalue weighted by molar-refractivity contribution is 0.359. The Morgan fingerprint density at radius 3 is 1.68 bits per heavy atom. The van der Waals surface area contributed by atoms with Gasteiger partial charge in [-0.15, -0.1) is 0 Å². The molecule has 2 heterocycles. The summed E-state index contributed by atoms with van der Waals surface area (Å²) in [6.07, 6.45) is 8.45. The summed E-state index contributed by atoms with van der Waals surface area (Å²) in [5.74, 6) is 1.11.